The van der Waals surface area contributed by atoms with Crippen LogP contribution in [0.2, 0.25) is 5.02 Å². The minimum Gasteiger partial charge on any atom is -0.394 e. The number of hydrogen-bond donors (Lipinski definition) is 2. The molecule has 0 fully saturated rings. The summed E-state index contributed by atoms with van der Waals surface area (Å²) in [5.74, 6) is 0.952. The second kappa shape index (κ2) is 6.29. The molecule has 2 aromatic rings. The van der Waals surface area contributed by atoms with Gasteiger partial charge in [-0.05, 0) is 38.0 Å². The molecule has 20 heavy (non-hydrogen) atoms. The zero-order chi connectivity index (χ0) is 14.7. The molecular weight excluding hydrogens is 274 g/mol. The number of benzene rings is 1. The first-order chi connectivity index (χ1) is 9.52. The first kappa shape index (κ1) is 14.9. The van der Waals surface area contributed by atoms with E-state index in [1.165, 1.54) is 0 Å². The van der Waals surface area contributed by atoms with Gasteiger partial charge in [0.25, 0.3) is 0 Å². The van der Waals surface area contributed by atoms with Gasteiger partial charge in [0.05, 0.1) is 18.8 Å². The monoisotopic (exact) mass is 293 g/mol. The number of nitrogens with one attached hydrogen (secondary N) is 1. The van der Waals surface area contributed by atoms with Gasteiger partial charge in [0.1, 0.15) is 5.82 Å². The van der Waals surface area contributed by atoms with E-state index >= 15 is 0 Å². The number of halogens is 1. The Labute approximate surface area is 124 Å². The summed E-state index contributed by atoms with van der Waals surface area (Å²) in [6, 6.07) is 6.05. The zero-order valence-corrected chi connectivity index (χ0v) is 12.8. The lowest BCUT2D eigenvalue weighted by Crippen LogP contribution is -2.11. The van der Waals surface area contributed by atoms with Crippen LogP contribution in [-0.2, 0) is 13.1 Å². The lowest BCUT2D eigenvalue weighted by molar-refractivity contribution is 0.270. The number of aromatic nitrogens is 2. The van der Waals surface area contributed by atoms with Crippen LogP contribution < -0.4 is 5.32 Å². The summed E-state index contributed by atoms with van der Waals surface area (Å²) in [6.07, 6.45) is 0. The van der Waals surface area contributed by atoms with E-state index in [0.29, 0.717) is 13.1 Å². The van der Waals surface area contributed by atoms with Crippen molar-refractivity contribution >= 4 is 17.4 Å². The molecule has 2 rings (SSSR count). The minimum atomic E-state index is 0.0750. The molecule has 108 valence electrons. The maximum Gasteiger partial charge on any atom is 0.127 e. The van der Waals surface area contributed by atoms with Crippen LogP contribution in [0.4, 0.5) is 5.82 Å². The fourth-order valence-corrected chi connectivity index (χ4v) is 2.29. The van der Waals surface area contributed by atoms with Gasteiger partial charge in [-0.1, -0.05) is 23.7 Å². The molecule has 1 aromatic carbocycles. The number of aryl methyl sites for hydroxylation is 2. The summed E-state index contributed by atoms with van der Waals surface area (Å²) in [5.41, 5.74) is 4.28. The third-order valence-corrected chi connectivity index (χ3v) is 3.84. The van der Waals surface area contributed by atoms with Gasteiger partial charge in [-0.15, -0.1) is 0 Å². The average molecular weight is 294 g/mol. The normalized spacial score (nSPS) is 10.8. The van der Waals surface area contributed by atoms with Crippen molar-refractivity contribution in [3.63, 3.8) is 0 Å². The molecule has 5 heteroatoms. The fraction of sp³-hybridized carbons (Fsp3) is 0.400. The predicted octanol–water partition coefficient (Wildman–Crippen LogP) is 3.07. The molecule has 0 aliphatic heterocycles. The summed E-state index contributed by atoms with van der Waals surface area (Å²) in [5, 5.41) is 17.7. The smallest absolute Gasteiger partial charge is 0.127 e. The van der Waals surface area contributed by atoms with Crippen LogP contribution in [-0.4, -0.2) is 21.5 Å². The number of anilines is 1. The van der Waals surface area contributed by atoms with E-state index in [-0.39, 0.29) is 6.61 Å². The molecular formula is C15H20ClN3O. The highest BCUT2D eigenvalue weighted by Gasteiger charge is 2.10. The fourth-order valence-electron chi connectivity index (χ4n) is 2.08. The predicted molar refractivity (Wildman–Crippen MR) is 82.3 cm³/mol. The van der Waals surface area contributed by atoms with Crippen molar-refractivity contribution in [2.75, 3.05) is 11.9 Å². The van der Waals surface area contributed by atoms with Crippen LogP contribution in [0.3, 0.4) is 0 Å². The molecule has 4 nitrogen and oxygen atoms in total. The van der Waals surface area contributed by atoms with Crippen LogP contribution in [0.5, 0.6) is 0 Å². The Morgan fingerprint density at radius 3 is 2.70 bits per heavy atom. The maximum atomic E-state index is 9.09. The van der Waals surface area contributed by atoms with Crippen molar-refractivity contribution in [3.05, 3.63) is 45.6 Å². The third kappa shape index (κ3) is 3.14. The summed E-state index contributed by atoms with van der Waals surface area (Å²) in [6.45, 7) is 7.23. The van der Waals surface area contributed by atoms with E-state index in [0.717, 1.165) is 33.2 Å². The standard InChI is InChI=1S/C15H20ClN3O/c1-10-4-5-13(8-14(10)16)9-17-15-11(2)12(3)18-19(15)6-7-20/h4-5,8,17,20H,6-7,9H2,1-3H3. The van der Waals surface area contributed by atoms with Gasteiger partial charge in [-0.3, -0.25) is 0 Å². The van der Waals surface area contributed by atoms with Crippen molar-refractivity contribution in [3.8, 4) is 0 Å². The van der Waals surface area contributed by atoms with Gasteiger partial charge < -0.3 is 10.4 Å². The van der Waals surface area contributed by atoms with E-state index in [9.17, 15) is 0 Å². The van der Waals surface area contributed by atoms with Gasteiger partial charge in [-0.25, -0.2) is 4.68 Å². The summed E-state index contributed by atoms with van der Waals surface area (Å²) in [4.78, 5) is 0. The van der Waals surface area contributed by atoms with E-state index in [2.05, 4.69) is 16.5 Å². The second-order valence-electron chi connectivity index (χ2n) is 4.94. The number of aliphatic hydroxyl groups is 1. The topological polar surface area (TPSA) is 50.1 Å². The largest absolute Gasteiger partial charge is 0.394 e. The maximum absolute atomic E-state index is 9.09. The molecule has 0 saturated carbocycles. The van der Waals surface area contributed by atoms with Gasteiger partial charge in [-0.2, -0.15) is 5.10 Å². The lowest BCUT2D eigenvalue weighted by atomic mass is 10.1. The van der Waals surface area contributed by atoms with Crippen molar-refractivity contribution in [1.29, 1.82) is 0 Å². The summed E-state index contributed by atoms with van der Waals surface area (Å²) in [7, 11) is 0. The molecule has 0 atom stereocenters. The Bertz CT molecular complexity index is 607. The molecule has 0 radical (unpaired) electrons. The Morgan fingerprint density at radius 2 is 2.05 bits per heavy atom. The van der Waals surface area contributed by atoms with Gasteiger partial charge in [0, 0.05) is 17.1 Å². The van der Waals surface area contributed by atoms with E-state index in [1.807, 2.05) is 32.9 Å². The van der Waals surface area contributed by atoms with E-state index in [4.69, 9.17) is 16.7 Å². The molecule has 0 unspecified atom stereocenters. The Morgan fingerprint density at radius 1 is 1.30 bits per heavy atom. The molecule has 0 saturated heterocycles. The molecule has 0 bridgehead atoms. The van der Waals surface area contributed by atoms with E-state index < -0.39 is 0 Å². The molecule has 0 spiro atoms. The van der Waals surface area contributed by atoms with Crippen LogP contribution >= 0.6 is 11.6 Å². The van der Waals surface area contributed by atoms with Gasteiger partial charge >= 0.3 is 0 Å². The Hall–Kier alpha value is -1.52. The number of hydrogen-bond acceptors (Lipinski definition) is 3. The SMILES string of the molecule is Cc1ccc(CNc2c(C)c(C)nn2CCO)cc1Cl. The van der Waals surface area contributed by atoms with Crippen LogP contribution in [0.25, 0.3) is 0 Å². The summed E-state index contributed by atoms with van der Waals surface area (Å²) < 4.78 is 1.81. The Kier molecular flexibility index (Phi) is 4.68. The molecule has 2 N–H and O–H groups in total. The number of nitrogens with zero attached hydrogens (tertiary/aromatic N) is 2. The number of aliphatic hydroxyl groups excluding tert-OH is 1. The number of rotatable bonds is 5. The van der Waals surface area contributed by atoms with Crippen molar-refractivity contribution in [2.45, 2.75) is 33.9 Å². The van der Waals surface area contributed by atoms with E-state index in [1.54, 1.807) is 4.68 Å². The second-order valence-corrected chi connectivity index (χ2v) is 5.35. The molecule has 1 heterocycles. The zero-order valence-electron chi connectivity index (χ0n) is 12.1. The minimum absolute atomic E-state index is 0.0750. The van der Waals surface area contributed by atoms with Crippen LogP contribution in [0.15, 0.2) is 18.2 Å². The molecule has 0 aliphatic rings. The van der Waals surface area contributed by atoms with Crippen molar-refractivity contribution in [1.82, 2.24) is 9.78 Å². The van der Waals surface area contributed by atoms with Crippen LogP contribution in [0, 0.1) is 20.8 Å². The Balaban J connectivity index is 2.15. The summed E-state index contributed by atoms with van der Waals surface area (Å²) >= 11 is 6.13. The molecule has 0 aliphatic carbocycles. The highest BCUT2D eigenvalue weighted by molar-refractivity contribution is 6.31. The third-order valence-electron chi connectivity index (χ3n) is 3.43. The first-order valence-corrected chi connectivity index (χ1v) is 7.04. The highest BCUT2D eigenvalue weighted by Crippen LogP contribution is 2.21. The first-order valence-electron chi connectivity index (χ1n) is 6.66. The lowest BCUT2D eigenvalue weighted by Gasteiger charge is -2.11. The highest BCUT2D eigenvalue weighted by atomic mass is 35.5. The quantitative estimate of drug-likeness (QED) is 0.891. The average Bonchev–Trinajstić information content (AvgIpc) is 2.67. The van der Waals surface area contributed by atoms with Gasteiger partial charge in [0.2, 0.25) is 0 Å². The van der Waals surface area contributed by atoms with Gasteiger partial charge in [0.15, 0.2) is 0 Å². The molecule has 0 amide bonds. The van der Waals surface area contributed by atoms with Crippen molar-refractivity contribution in [2.24, 2.45) is 0 Å². The van der Waals surface area contributed by atoms with Crippen LogP contribution in [0.1, 0.15) is 22.4 Å². The van der Waals surface area contributed by atoms with Crippen molar-refractivity contribution < 1.29 is 5.11 Å². The molecule has 1 aromatic heterocycles.